The molecule has 128 valence electrons. The van der Waals surface area contributed by atoms with Crippen molar-refractivity contribution < 1.29 is 14.3 Å². The zero-order valence-electron chi connectivity index (χ0n) is 14.2. The molecular weight excluding hydrogens is 302 g/mol. The second kappa shape index (κ2) is 5.91. The van der Waals surface area contributed by atoms with Gasteiger partial charge in [0.2, 0.25) is 0 Å². The van der Waals surface area contributed by atoms with E-state index < -0.39 is 6.04 Å². The molecule has 4 fully saturated rings. The number of ether oxygens (including phenoxy) is 1. The molecular formula is C20H25NO3. The van der Waals surface area contributed by atoms with Crippen LogP contribution in [-0.4, -0.2) is 25.0 Å². The van der Waals surface area contributed by atoms with E-state index in [9.17, 15) is 9.59 Å². The summed E-state index contributed by atoms with van der Waals surface area (Å²) in [6.07, 6.45) is 7.06. The molecule has 24 heavy (non-hydrogen) atoms. The van der Waals surface area contributed by atoms with Gasteiger partial charge in [0.05, 0.1) is 7.11 Å². The summed E-state index contributed by atoms with van der Waals surface area (Å²) < 4.78 is 5.08. The first-order valence-electron chi connectivity index (χ1n) is 9.03. The zero-order chi connectivity index (χ0) is 16.7. The van der Waals surface area contributed by atoms with Crippen molar-refractivity contribution in [1.82, 2.24) is 5.32 Å². The summed E-state index contributed by atoms with van der Waals surface area (Å²) >= 11 is 0. The topological polar surface area (TPSA) is 55.4 Å². The van der Waals surface area contributed by atoms with Crippen LogP contribution in [0.1, 0.15) is 48.9 Å². The molecule has 0 aromatic heterocycles. The van der Waals surface area contributed by atoms with Crippen molar-refractivity contribution in [3.8, 4) is 0 Å². The highest BCUT2D eigenvalue weighted by Crippen LogP contribution is 2.61. The van der Waals surface area contributed by atoms with Crippen LogP contribution >= 0.6 is 0 Å². The highest BCUT2D eigenvalue weighted by molar-refractivity contribution is 5.97. The Balaban J connectivity index is 1.60. The summed E-state index contributed by atoms with van der Waals surface area (Å²) in [4.78, 5) is 25.2. The van der Waals surface area contributed by atoms with E-state index in [2.05, 4.69) is 5.32 Å². The number of carbonyl (C=O) groups is 2. The average Bonchev–Trinajstić information content (AvgIpc) is 2.58. The van der Waals surface area contributed by atoms with Crippen molar-refractivity contribution in [1.29, 1.82) is 0 Å². The fourth-order valence-corrected chi connectivity index (χ4v) is 5.92. The first-order chi connectivity index (χ1) is 11.6. The Labute approximate surface area is 143 Å². The highest BCUT2D eigenvalue weighted by atomic mass is 16.5. The molecule has 1 aromatic rings. The molecule has 1 aromatic carbocycles. The SMILES string of the molecule is COC(=O)[C@H](NC(=O)c1ccccc1)C12CC3CC(CC(C3)C1)C2. The van der Waals surface area contributed by atoms with Gasteiger partial charge in [-0.15, -0.1) is 0 Å². The molecule has 0 heterocycles. The van der Waals surface area contributed by atoms with Crippen molar-refractivity contribution in [3.05, 3.63) is 35.9 Å². The van der Waals surface area contributed by atoms with Gasteiger partial charge in [-0.3, -0.25) is 4.79 Å². The molecule has 0 aliphatic heterocycles. The summed E-state index contributed by atoms with van der Waals surface area (Å²) in [6.45, 7) is 0. The van der Waals surface area contributed by atoms with E-state index in [-0.39, 0.29) is 17.3 Å². The quantitative estimate of drug-likeness (QED) is 0.864. The number of rotatable bonds is 4. The van der Waals surface area contributed by atoms with Crippen molar-refractivity contribution in [2.45, 2.75) is 44.6 Å². The third kappa shape index (κ3) is 2.62. The lowest BCUT2D eigenvalue weighted by molar-refractivity contribution is -0.154. The lowest BCUT2D eigenvalue weighted by Gasteiger charge is -2.58. The number of carbonyl (C=O) groups excluding carboxylic acids is 2. The number of methoxy groups -OCH3 is 1. The zero-order valence-corrected chi connectivity index (χ0v) is 14.2. The van der Waals surface area contributed by atoms with Crippen LogP contribution < -0.4 is 5.32 Å². The second-order valence-electron chi connectivity index (χ2n) is 8.08. The number of nitrogens with one attached hydrogen (secondary N) is 1. The number of amides is 1. The third-order valence-electron chi connectivity index (χ3n) is 6.45. The Bertz CT molecular complexity index is 604. The number of hydrogen-bond donors (Lipinski definition) is 1. The molecule has 4 nitrogen and oxygen atoms in total. The van der Waals surface area contributed by atoms with Gasteiger partial charge in [0.25, 0.3) is 5.91 Å². The van der Waals surface area contributed by atoms with E-state index in [1.54, 1.807) is 12.1 Å². The maximum atomic E-state index is 12.6. The Morgan fingerprint density at radius 2 is 1.58 bits per heavy atom. The van der Waals surface area contributed by atoms with Crippen LogP contribution in [0.4, 0.5) is 0 Å². The Kier molecular flexibility index (Phi) is 3.86. The Hall–Kier alpha value is -1.84. The van der Waals surface area contributed by atoms with Crippen LogP contribution in [0, 0.1) is 23.2 Å². The first kappa shape index (κ1) is 15.7. The summed E-state index contributed by atoms with van der Waals surface area (Å²) in [7, 11) is 1.42. The number of esters is 1. The lowest BCUT2D eigenvalue weighted by atomic mass is 9.47. The first-order valence-corrected chi connectivity index (χ1v) is 9.03. The Morgan fingerprint density at radius 3 is 2.08 bits per heavy atom. The average molecular weight is 327 g/mol. The van der Waals surface area contributed by atoms with Gasteiger partial charge in [-0.25, -0.2) is 4.79 Å². The molecule has 1 N–H and O–H groups in total. The van der Waals surface area contributed by atoms with Gasteiger partial charge in [-0.05, 0) is 68.4 Å². The predicted molar refractivity (Wildman–Crippen MR) is 90.3 cm³/mol. The maximum Gasteiger partial charge on any atom is 0.328 e. The molecule has 4 aliphatic rings. The van der Waals surface area contributed by atoms with Crippen molar-refractivity contribution >= 4 is 11.9 Å². The van der Waals surface area contributed by atoms with Crippen LogP contribution in [-0.2, 0) is 9.53 Å². The van der Waals surface area contributed by atoms with E-state index in [4.69, 9.17) is 4.74 Å². The van der Waals surface area contributed by atoms with E-state index in [1.165, 1.54) is 26.4 Å². The molecule has 4 bridgehead atoms. The third-order valence-corrected chi connectivity index (χ3v) is 6.45. The van der Waals surface area contributed by atoms with Crippen molar-refractivity contribution in [3.63, 3.8) is 0 Å². The van der Waals surface area contributed by atoms with Gasteiger partial charge >= 0.3 is 5.97 Å². The van der Waals surface area contributed by atoms with E-state index in [0.717, 1.165) is 37.0 Å². The lowest BCUT2D eigenvalue weighted by Crippen LogP contribution is -2.60. The van der Waals surface area contributed by atoms with Crippen LogP contribution in [0.25, 0.3) is 0 Å². The highest BCUT2D eigenvalue weighted by Gasteiger charge is 2.56. The van der Waals surface area contributed by atoms with Crippen LogP contribution in [0.2, 0.25) is 0 Å². The minimum Gasteiger partial charge on any atom is -0.467 e. The minimum atomic E-state index is -0.524. The standard InChI is InChI=1S/C20H25NO3/c1-24-19(23)17(21-18(22)16-5-3-2-4-6-16)20-10-13-7-14(11-20)9-15(8-13)12-20/h2-6,13-15,17H,7-12H2,1H3,(H,21,22)/t13?,14?,15?,17-,20?/m0/s1. The van der Waals surface area contributed by atoms with Gasteiger partial charge in [-0.1, -0.05) is 18.2 Å². The summed E-state index contributed by atoms with van der Waals surface area (Å²) in [5.41, 5.74) is 0.489. The summed E-state index contributed by atoms with van der Waals surface area (Å²) in [5.74, 6) is 1.69. The molecule has 4 saturated carbocycles. The van der Waals surface area contributed by atoms with Crippen molar-refractivity contribution in [2.24, 2.45) is 23.2 Å². The van der Waals surface area contributed by atoms with E-state index >= 15 is 0 Å². The maximum absolute atomic E-state index is 12.6. The Morgan fingerprint density at radius 1 is 1.04 bits per heavy atom. The molecule has 5 rings (SSSR count). The fraction of sp³-hybridized carbons (Fsp3) is 0.600. The summed E-state index contributed by atoms with van der Waals surface area (Å²) in [5, 5.41) is 3.03. The molecule has 1 amide bonds. The molecule has 4 heteroatoms. The van der Waals surface area contributed by atoms with Crippen molar-refractivity contribution in [2.75, 3.05) is 7.11 Å². The van der Waals surface area contributed by atoms with E-state index in [1.807, 2.05) is 18.2 Å². The smallest absolute Gasteiger partial charge is 0.328 e. The van der Waals surface area contributed by atoms with Crippen LogP contribution in [0.15, 0.2) is 30.3 Å². The molecule has 0 radical (unpaired) electrons. The normalized spacial score (nSPS) is 34.6. The van der Waals surface area contributed by atoms with Crippen LogP contribution in [0.5, 0.6) is 0 Å². The largest absolute Gasteiger partial charge is 0.467 e. The molecule has 0 unspecified atom stereocenters. The van der Waals surface area contributed by atoms with Gasteiger partial charge in [0.1, 0.15) is 6.04 Å². The number of benzene rings is 1. The van der Waals surface area contributed by atoms with E-state index in [0.29, 0.717) is 5.56 Å². The predicted octanol–water partition coefficient (Wildman–Crippen LogP) is 3.17. The molecule has 1 atom stereocenters. The monoisotopic (exact) mass is 327 g/mol. The van der Waals surface area contributed by atoms with Gasteiger partial charge in [0.15, 0.2) is 0 Å². The molecule has 4 aliphatic carbocycles. The van der Waals surface area contributed by atoms with Crippen LogP contribution in [0.3, 0.4) is 0 Å². The van der Waals surface area contributed by atoms with Gasteiger partial charge in [-0.2, -0.15) is 0 Å². The fourth-order valence-electron chi connectivity index (χ4n) is 5.92. The molecule has 0 spiro atoms. The van der Waals surface area contributed by atoms with Gasteiger partial charge < -0.3 is 10.1 Å². The van der Waals surface area contributed by atoms with Gasteiger partial charge in [0, 0.05) is 11.0 Å². The summed E-state index contributed by atoms with van der Waals surface area (Å²) in [6, 6.07) is 8.60. The molecule has 0 saturated heterocycles. The minimum absolute atomic E-state index is 0.105. The number of hydrogen-bond acceptors (Lipinski definition) is 3. The second-order valence-corrected chi connectivity index (χ2v) is 8.08.